The predicted octanol–water partition coefficient (Wildman–Crippen LogP) is 25.1. The van der Waals surface area contributed by atoms with Gasteiger partial charge in [-0.2, -0.15) is 110 Å². The number of esters is 2. The van der Waals surface area contributed by atoms with Crippen molar-refractivity contribution in [1.29, 1.82) is 0 Å². The maximum Gasteiger partial charge on any atom is 1.00 e. The molecule has 0 aliphatic heterocycles. The molecule has 0 saturated heterocycles. The normalized spacial score (nSPS) is 12.0. The molecule has 0 bridgehead atoms. The number of thiophene rings is 6. The van der Waals surface area contributed by atoms with E-state index in [-0.39, 0.29) is 111 Å². The molecule has 6 heterocycles. The van der Waals surface area contributed by atoms with Crippen LogP contribution >= 0.6 is 94.6 Å². The summed E-state index contributed by atoms with van der Waals surface area (Å²) in [6.07, 6.45) is -22.1. The summed E-state index contributed by atoms with van der Waals surface area (Å²) in [5.41, 5.74) is -2.57. The summed E-state index contributed by atoms with van der Waals surface area (Å²) in [7, 11) is -10.0. The molecule has 0 aliphatic carbocycles. The van der Waals surface area contributed by atoms with Crippen LogP contribution in [0, 0.1) is 0 Å². The van der Waals surface area contributed by atoms with Gasteiger partial charge in [0.1, 0.15) is 35.6 Å². The van der Waals surface area contributed by atoms with Gasteiger partial charge in [-0.3, -0.25) is 18.6 Å². The van der Waals surface area contributed by atoms with E-state index in [1.54, 1.807) is 47.4 Å². The van der Waals surface area contributed by atoms with Crippen LogP contribution in [0.4, 0.5) is 79.0 Å². The predicted molar refractivity (Wildman–Crippen MR) is 513 cm³/mol. The second-order valence-corrected chi connectivity index (χ2v) is 44.8. The van der Waals surface area contributed by atoms with Crippen LogP contribution in [0.25, 0.3) is 55.6 Å². The smallest absolute Gasteiger partial charge is 0.768 e. The minimum Gasteiger partial charge on any atom is -0.768 e. The summed E-state index contributed by atoms with van der Waals surface area (Å²) in [5, 5.41) is 23.1. The maximum atomic E-state index is 13.2. The Morgan fingerprint density at radius 2 is 0.703 bits per heavy atom. The number of aliphatic carboxylic acids is 1. The second kappa shape index (κ2) is 53.2. The van der Waals surface area contributed by atoms with Crippen molar-refractivity contribution in [3.8, 4) is 78.6 Å². The van der Waals surface area contributed by atoms with Gasteiger partial charge in [0.05, 0.1) is 95.1 Å². The largest absolute Gasteiger partial charge is 1.00 e. The van der Waals surface area contributed by atoms with Crippen molar-refractivity contribution in [2.24, 2.45) is 0 Å². The average molecular weight is 2340 g/mol. The summed E-state index contributed by atoms with van der Waals surface area (Å²) < 4.78 is 374. The minimum absolute atomic E-state index is 0. The molecular weight excluding hydrogens is 2270 g/mol. The minimum atomic E-state index is -5.81. The molecule has 14 aromatic rings. The van der Waals surface area contributed by atoms with Gasteiger partial charge in [0.2, 0.25) is 19.7 Å². The molecule has 1 N–H and O–H groups in total. The van der Waals surface area contributed by atoms with Crippen molar-refractivity contribution in [1.82, 2.24) is 0 Å². The number of carboxylic acid groups (broad SMARTS) is 1. The zero-order valence-electron chi connectivity index (χ0n) is 75.0. The Labute approximate surface area is 879 Å². The van der Waals surface area contributed by atoms with Crippen LogP contribution in [0.3, 0.4) is 0 Å². The first-order valence-corrected chi connectivity index (χ1v) is 54.2. The summed E-state index contributed by atoms with van der Waals surface area (Å²) >= 11 is 8.03. The van der Waals surface area contributed by atoms with Crippen molar-refractivity contribution in [2.75, 3.05) is 34.0 Å². The molecule has 1 unspecified atom stereocenters. The number of halogens is 20. The van der Waals surface area contributed by atoms with Crippen molar-refractivity contribution in [3.05, 3.63) is 304 Å². The summed E-state index contributed by atoms with van der Waals surface area (Å²) in [4.78, 5) is 33.8. The third-order valence-electron chi connectivity index (χ3n) is 18.5. The molecule has 0 fully saturated rings. The van der Waals surface area contributed by atoms with E-state index in [9.17, 15) is 136 Å². The van der Waals surface area contributed by atoms with Crippen molar-refractivity contribution in [2.45, 2.75) is 109 Å². The third-order valence-corrected chi connectivity index (χ3v) is 32.9. The molecule has 0 spiro atoms. The van der Waals surface area contributed by atoms with Gasteiger partial charge in [0.25, 0.3) is 9.05 Å². The molecule has 772 valence electrons. The van der Waals surface area contributed by atoms with E-state index in [2.05, 4.69) is 29.6 Å². The number of sulfone groups is 2. The standard InChI is InChI=1S/C22H19F3O5S2.C21H17F3O5S2.C13H15F3O6S.C11H6ClF3O2S2.C11H7F3O2S2.C11H7F3S.C4H3BrS.Na/c1-3-30-18-8-14(10-20(26)29-2)9-19(12-18)32(27,28)21-11-16(13-31-21)15-4-6-17(7-5-15)22(23,24)25;1-2-29-17-7-13(9-19(25)26)8-18(11-17)31(27,28)20-10-15(12-30-20)14-3-5-16(6-4-14)21(22,23)24;1-3-4-21-10-5-9(7-12(17)20-2)6-11(8-10)22-23(18,19)13(14,15)16;12-19(16,17)10-5-8(6-18-10)7-1-3-9(4-2-7)11(13,14)15;12-11(13,14)9-3-1-7(2-4-9)8-5-10(17-6-8)18(15)16;12-11(13,14)10-3-1-8(2-4-10)9-5-6-15-7-9;5-4-1-2-6-3-4;/h4-9,11-13H,3,10H2,1-2H3;3-8,10-12H,2,9H2,1H3,(H,25,26);5-6,8H,3-4,7H2,1-2H3;1-6H;1-6H,(H,15,16);1-7H;1-3H;/q;;;;;;;+1/p-1. The Morgan fingerprint density at radius 1 is 0.386 bits per heavy atom. The van der Waals surface area contributed by atoms with Crippen LogP contribution in [0.2, 0.25) is 0 Å². The van der Waals surface area contributed by atoms with E-state index >= 15 is 0 Å². The number of carboxylic acids is 1. The molecule has 0 aliphatic rings. The second-order valence-electron chi connectivity index (χ2n) is 28.8. The van der Waals surface area contributed by atoms with Crippen molar-refractivity contribution in [3.63, 3.8) is 0 Å². The number of hydrogen-bond donors (Lipinski definition) is 1. The summed E-state index contributed by atoms with van der Waals surface area (Å²) in [6, 6.07) is 44.4. The van der Waals surface area contributed by atoms with Crippen LogP contribution in [-0.2, 0) is 124 Å². The fraction of sp³-hybridized carbons (Fsp3) is 0.194. The van der Waals surface area contributed by atoms with E-state index in [0.717, 1.165) is 136 Å². The monoisotopic (exact) mass is 2340 g/mol. The van der Waals surface area contributed by atoms with Crippen molar-refractivity contribution < 1.29 is 198 Å². The Bertz CT molecular complexity index is 7140. The van der Waals surface area contributed by atoms with Crippen LogP contribution in [-0.4, -0.2) is 105 Å². The quantitative estimate of drug-likeness (QED) is 0.0100. The van der Waals surface area contributed by atoms with Crippen molar-refractivity contribution >= 4 is 162 Å². The van der Waals surface area contributed by atoms with Gasteiger partial charge in [-0.15, -0.1) is 45.3 Å². The maximum absolute atomic E-state index is 13.2. The Morgan fingerprint density at radius 3 is 0.986 bits per heavy atom. The number of methoxy groups -OCH3 is 2. The van der Waals surface area contributed by atoms with Gasteiger partial charge in [0.15, 0.2) is 0 Å². The molecule has 8 aromatic carbocycles. The van der Waals surface area contributed by atoms with Gasteiger partial charge >= 0.3 is 94.0 Å². The fourth-order valence-electron chi connectivity index (χ4n) is 11.7. The van der Waals surface area contributed by atoms with Gasteiger partial charge in [-0.1, -0.05) is 67.6 Å². The van der Waals surface area contributed by atoms with E-state index < -0.39 is 138 Å². The Hall–Kier alpha value is -10.0. The molecule has 14 rings (SSSR count). The summed E-state index contributed by atoms with van der Waals surface area (Å²) in [5.74, 6) is -2.27. The number of benzene rings is 8. The van der Waals surface area contributed by atoms with Gasteiger partial charge in [-0.25, -0.2) is 25.3 Å². The number of ether oxygens (including phenoxy) is 5. The number of carbonyl (C=O) groups excluding carboxylic acids is 2. The molecule has 0 saturated carbocycles. The zero-order chi connectivity index (χ0) is 107. The van der Waals surface area contributed by atoms with Gasteiger partial charge in [-0.05, 0) is 303 Å². The van der Waals surface area contributed by atoms with Crippen LogP contribution in [0.15, 0.2) is 286 Å². The summed E-state index contributed by atoms with van der Waals surface area (Å²) in [6.45, 7) is 6.10. The van der Waals surface area contributed by atoms with E-state index in [4.69, 9.17) is 30.0 Å². The Balaban J connectivity index is 0.000000237. The number of hydrogen-bond acceptors (Lipinski definition) is 25. The molecule has 6 aromatic heterocycles. The van der Waals surface area contributed by atoms with Crippen LogP contribution < -0.4 is 48.0 Å². The molecule has 20 nitrogen and oxygen atoms in total. The first kappa shape index (κ1) is 122. The first-order chi connectivity index (χ1) is 67.1. The van der Waals surface area contributed by atoms with E-state index in [1.165, 1.54) is 150 Å². The SMILES string of the molecule is Brc1ccsc1.CCCOc1cc(CC(=O)OC)cc(OS(=O)(=O)C(F)(F)F)c1.CCOc1cc(CC(=O)O)cc(S(=O)(=O)c2cc(-c3ccc(C(F)(F)F)cc3)cs2)c1.CCOc1cc(CC(=O)OC)cc(S(=O)(=O)c2cc(-c3ccc(C(F)(F)F)cc3)cs2)c1.FC(F)(F)c1ccc(-c2ccsc2)cc1.O=S(=O)(Cl)c1cc(-c2ccc(C(F)(F)F)cc2)cs1.O=S([O-])c1cc(-c2ccc(C(F)(F)F)cc2)cs1.[Na+]. The third kappa shape index (κ3) is 37.4. The topological polar surface area (TPSA) is 304 Å². The molecule has 0 amide bonds. The molecule has 52 heteroatoms. The molecule has 1 atom stereocenters. The van der Waals surface area contributed by atoms with Crippen LogP contribution in [0.5, 0.6) is 23.0 Å². The molecule has 145 heavy (non-hydrogen) atoms. The molecule has 0 radical (unpaired) electrons. The molecular formula is C93H73BrClF18NaO20S11. The van der Waals surface area contributed by atoms with Crippen LogP contribution in [0.1, 0.15) is 71.7 Å². The first-order valence-electron chi connectivity index (χ1n) is 40.3. The average Bonchev–Trinajstić information content (AvgIpc) is 1.71. The van der Waals surface area contributed by atoms with E-state index in [1.807, 2.05) is 40.6 Å². The van der Waals surface area contributed by atoms with E-state index in [0.29, 0.717) is 68.8 Å². The number of carbonyl (C=O) groups is 3. The zero-order valence-corrected chi connectivity index (χ0v) is 88.4. The number of rotatable bonds is 26. The van der Waals surface area contributed by atoms with Gasteiger partial charge < -0.3 is 37.5 Å². The van der Waals surface area contributed by atoms with Gasteiger partial charge in [0, 0.05) is 26.6 Å². The number of alkyl halides is 18. The fourth-order valence-corrected chi connectivity index (χ4v) is 22.6. The Kier molecular flexibility index (Phi) is 44.8.